The fourth-order valence-electron chi connectivity index (χ4n) is 2.71. The Kier molecular flexibility index (Phi) is 8.73. The normalized spacial score (nSPS) is 11.4. The molecule has 29 heavy (non-hydrogen) atoms. The number of methoxy groups -OCH3 is 1. The van der Waals surface area contributed by atoms with Crippen LogP contribution in [0.5, 0.6) is 0 Å². The zero-order valence-corrected chi connectivity index (χ0v) is 17.6. The maximum atomic E-state index is 12.1. The number of rotatable bonds is 9. The van der Waals surface area contributed by atoms with E-state index < -0.39 is 30.5 Å². The molecule has 6 nitrogen and oxygen atoms in total. The predicted molar refractivity (Wildman–Crippen MR) is 112 cm³/mol. The molecule has 0 fully saturated rings. The summed E-state index contributed by atoms with van der Waals surface area (Å²) in [4.78, 5) is 37.0. The number of amides is 1. The van der Waals surface area contributed by atoms with E-state index in [0.29, 0.717) is 0 Å². The molecule has 1 atom stereocenters. The molecule has 0 saturated carbocycles. The number of hydrogen-bond donors (Lipinski definition) is 1. The maximum Gasteiger partial charge on any atom is 0.328 e. The fraction of sp³-hybridized carbons (Fsp3) is 0.318. The average molecular weight is 416 g/mol. The van der Waals surface area contributed by atoms with Gasteiger partial charge in [-0.25, -0.2) is 4.79 Å². The van der Waals surface area contributed by atoms with Crippen LogP contribution >= 0.6 is 11.8 Å². The van der Waals surface area contributed by atoms with Crippen LogP contribution in [0.25, 0.3) is 0 Å². The van der Waals surface area contributed by atoms with Crippen LogP contribution < -0.4 is 5.32 Å². The molecule has 1 N–H and O–H groups in total. The smallest absolute Gasteiger partial charge is 0.328 e. The second kappa shape index (κ2) is 11.3. The highest BCUT2D eigenvalue weighted by Crippen LogP contribution is 2.23. The van der Waals surface area contributed by atoms with Gasteiger partial charge in [0, 0.05) is 11.3 Å². The van der Waals surface area contributed by atoms with Gasteiger partial charge in [0.2, 0.25) is 0 Å². The first-order valence-electron chi connectivity index (χ1n) is 9.16. The van der Waals surface area contributed by atoms with Gasteiger partial charge in [-0.1, -0.05) is 48.0 Å². The molecule has 0 aliphatic carbocycles. The Morgan fingerprint density at radius 2 is 1.79 bits per heavy atom. The summed E-state index contributed by atoms with van der Waals surface area (Å²) < 4.78 is 9.78. The summed E-state index contributed by atoms with van der Waals surface area (Å²) >= 11 is 1.36. The molecule has 0 unspecified atom stereocenters. The highest BCUT2D eigenvalue weighted by atomic mass is 32.2. The van der Waals surface area contributed by atoms with E-state index in [4.69, 9.17) is 9.47 Å². The molecule has 0 saturated heterocycles. The summed E-state index contributed by atoms with van der Waals surface area (Å²) in [5, 5.41) is 2.56. The highest BCUT2D eigenvalue weighted by Gasteiger charge is 2.22. The molecule has 1 amide bonds. The lowest BCUT2D eigenvalue weighted by Crippen LogP contribution is -2.44. The molecule has 2 aromatic rings. The number of ether oxygens (including phenoxy) is 2. The predicted octanol–water partition coefficient (Wildman–Crippen LogP) is 2.84. The lowest BCUT2D eigenvalue weighted by Gasteiger charge is -2.16. The van der Waals surface area contributed by atoms with E-state index in [1.165, 1.54) is 18.9 Å². The lowest BCUT2D eigenvalue weighted by atomic mass is 10.1. The van der Waals surface area contributed by atoms with Crippen LogP contribution in [-0.4, -0.2) is 43.4 Å². The molecule has 2 aromatic carbocycles. The van der Waals surface area contributed by atoms with Gasteiger partial charge in [0.1, 0.15) is 6.04 Å². The molecule has 0 aromatic heterocycles. The van der Waals surface area contributed by atoms with Crippen LogP contribution in [0, 0.1) is 13.8 Å². The minimum Gasteiger partial charge on any atom is -0.467 e. The summed E-state index contributed by atoms with van der Waals surface area (Å²) in [6.45, 7) is 3.54. The molecule has 7 heteroatoms. The zero-order valence-electron chi connectivity index (χ0n) is 16.8. The van der Waals surface area contributed by atoms with E-state index in [0.717, 1.165) is 21.6 Å². The molecule has 154 valence electrons. The van der Waals surface area contributed by atoms with Gasteiger partial charge in [-0.15, -0.1) is 11.8 Å². The topological polar surface area (TPSA) is 81.7 Å². The number of carbonyl (C=O) groups excluding carboxylic acids is 3. The third-order valence-electron chi connectivity index (χ3n) is 4.14. The molecule has 0 aliphatic heterocycles. The van der Waals surface area contributed by atoms with Crippen molar-refractivity contribution in [2.24, 2.45) is 0 Å². The number of esters is 2. The van der Waals surface area contributed by atoms with E-state index >= 15 is 0 Å². The second-order valence-electron chi connectivity index (χ2n) is 6.55. The number of hydrogen-bond acceptors (Lipinski definition) is 6. The Labute approximate surface area is 175 Å². The Bertz CT molecular complexity index is 854. The number of aryl methyl sites for hydroxylation is 2. The molecule has 0 heterocycles. The van der Waals surface area contributed by atoms with Gasteiger partial charge in [-0.05, 0) is 31.0 Å². The van der Waals surface area contributed by atoms with E-state index in [-0.39, 0.29) is 12.2 Å². The van der Waals surface area contributed by atoms with Gasteiger partial charge in [-0.2, -0.15) is 0 Å². The monoisotopic (exact) mass is 415 g/mol. The number of thioether (sulfide) groups is 1. The Morgan fingerprint density at radius 1 is 1.07 bits per heavy atom. The van der Waals surface area contributed by atoms with Crippen molar-refractivity contribution in [2.45, 2.75) is 31.2 Å². The average Bonchev–Trinajstić information content (AvgIpc) is 2.71. The van der Waals surface area contributed by atoms with Gasteiger partial charge in [-0.3, -0.25) is 9.59 Å². The summed E-state index contributed by atoms with van der Waals surface area (Å²) in [5.74, 6) is -1.51. The van der Waals surface area contributed by atoms with Crippen molar-refractivity contribution < 1.29 is 23.9 Å². The van der Waals surface area contributed by atoms with Crippen LogP contribution in [0.1, 0.15) is 16.7 Å². The van der Waals surface area contributed by atoms with Crippen LogP contribution in [0.2, 0.25) is 0 Å². The van der Waals surface area contributed by atoms with Crippen molar-refractivity contribution in [3.63, 3.8) is 0 Å². The van der Waals surface area contributed by atoms with E-state index in [9.17, 15) is 14.4 Å². The molecule has 0 aliphatic rings. The molecular formula is C22H25NO5S. The first kappa shape index (κ1) is 22.5. The quantitative estimate of drug-likeness (QED) is 0.501. The highest BCUT2D eigenvalue weighted by molar-refractivity contribution is 8.00. The van der Waals surface area contributed by atoms with Crippen LogP contribution in [0.4, 0.5) is 0 Å². The molecule has 0 spiro atoms. The molecule has 2 rings (SSSR count). The zero-order chi connectivity index (χ0) is 21.2. The molecule has 0 bridgehead atoms. The minimum absolute atomic E-state index is 0.0988. The van der Waals surface area contributed by atoms with Crippen LogP contribution in [-0.2, 0) is 30.3 Å². The van der Waals surface area contributed by atoms with Crippen molar-refractivity contribution in [3.8, 4) is 0 Å². The van der Waals surface area contributed by atoms with Crippen molar-refractivity contribution in [2.75, 3.05) is 19.5 Å². The Hall–Kier alpha value is -2.80. The van der Waals surface area contributed by atoms with Gasteiger partial charge in [0.25, 0.3) is 5.91 Å². The van der Waals surface area contributed by atoms with E-state index in [2.05, 4.69) is 5.32 Å². The number of carbonyl (C=O) groups is 3. The molecular weight excluding hydrogens is 390 g/mol. The second-order valence-corrected chi connectivity index (χ2v) is 7.57. The van der Waals surface area contributed by atoms with Gasteiger partial charge < -0.3 is 14.8 Å². The maximum absolute atomic E-state index is 12.1. The molecule has 0 radical (unpaired) electrons. The van der Waals surface area contributed by atoms with Gasteiger partial charge in [0.05, 0.1) is 12.9 Å². The largest absolute Gasteiger partial charge is 0.467 e. The summed E-state index contributed by atoms with van der Waals surface area (Å²) in [6, 6.07) is 14.4. The summed E-state index contributed by atoms with van der Waals surface area (Å²) in [6.07, 6.45) is 0.287. The van der Waals surface area contributed by atoms with Crippen LogP contribution in [0.3, 0.4) is 0 Å². The first-order chi connectivity index (χ1) is 13.9. The van der Waals surface area contributed by atoms with Crippen molar-refractivity contribution in [3.05, 3.63) is 65.2 Å². The minimum atomic E-state index is -0.849. The summed E-state index contributed by atoms with van der Waals surface area (Å²) in [5.41, 5.74) is 3.12. The standard InChI is InChI=1S/C22H25NO5S/c1-15-9-10-19(16(2)11-15)29-14-21(25)28-13-20(24)23-18(22(26)27-3)12-17-7-5-4-6-8-17/h4-11,18H,12-14H2,1-3H3,(H,23,24)/t18-/m0/s1. The summed E-state index contributed by atoms with van der Waals surface area (Å²) in [7, 11) is 1.26. The third-order valence-corrected chi connectivity index (χ3v) is 5.29. The lowest BCUT2D eigenvalue weighted by molar-refractivity contribution is -0.148. The fourth-order valence-corrected chi connectivity index (χ4v) is 3.51. The Balaban J connectivity index is 1.81. The van der Waals surface area contributed by atoms with E-state index in [1.54, 1.807) is 0 Å². The first-order valence-corrected chi connectivity index (χ1v) is 10.1. The van der Waals surface area contributed by atoms with Crippen molar-refractivity contribution >= 4 is 29.6 Å². The van der Waals surface area contributed by atoms with Gasteiger partial charge >= 0.3 is 11.9 Å². The van der Waals surface area contributed by atoms with Crippen molar-refractivity contribution in [1.82, 2.24) is 5.32 Å². The number of benzene rings is 2. The Morgan fingerprint density at radius 3 is 2.45 bits per heavy atom. The number of nitrogens with one attached hydrogen (secondary N) is 1. The van der Waals surface area contributed by atoms with Crippen molar-refractivity contribution in [1.29, 1.82) is 0 Å². The third kappa shape index (κ3) is 7.62. The van der Waals surface area contributed by atoms with Crippen LogP contribution in [0.15, 0.2) is 53.4 Å². The van der Waals surface area contributed by atoms with E-state index in [1.807, 2.05) is 62.4 Å². The van der Waals surface area contributed by atoms with Gasteiger partial charge in [0.15, 0.2) is 6.61 Å². The SMILES string of the molecule is COC(=O)[C@H](Cc1ccccc1)NC(=O)COC(=O)CSc1ccc(C)cc1C.